The van der Waals surface area contributed by atoms with Crippen molar-refractivity contribution in [3.8, 4) is 0 Å². The number of carbonyl (C=O) groups excluding carboxylic acids is 1. The molecule has 1 N–H and O–H groups in total. The van der Waals surface area contributed by atoms with Crippen molar-refractivity contribution in [2.45, 2.75) is 5.92 Å². The molecule has 4 rings (SSSR count). The maximum atomic E-state index is 12.9. The molecule has 0 aromatic heterocycles. The molecular formula is C25H20N2O. The van der Waals surface area contributed by atoms with Gasteiger partial charge in [0.05, 0.1) is 12.1 Å². The second-order valence-corrected chi connectivity index (χ2v) is 6.60. The highest BCUT2D eigenvalue weighted by atomic mass is 16.2. The lowest BCUT2D eigenvalue weighted by Crippen LogP contribution is -2.26. The first-order valence-corrected chi connectivity index (χ1v) is 9.23. The van der Waals surface area contributed by atoms with Gasteiger partial charge in [0.2, 0.25) is 0 Å². The molecule has 0 heterocycles. The number of hydrogen-bond acceptors (Lipinski definition) is 2. The van der Waals surface area contributed by atoms with Crippen molar-refractivity contribution in [1.29, 1.82) is 0 Å². The van der Waals surface area contributed by atoms with Crippen LogP contribution in [0.4, 0.5) is 0 Å². The fourth-order valence-corrected chi connectivity index (χ4v) is 3.31. The van der Waals surface area contributed by atoms with Crippen LogP contribution < -0.4 is 5.43 Å². The van der Waals surface area contributed by atoms with Crippen molar-refractivity contribution in [3.63, 3.8) is 0 Å². The molecule has 0 aliphatic carbocycles. The topological polar surface area (TPSA) is 41.5 Å². The van der Waals surface area contributed by atoms with Crippen molar-refractivity contribution in [2.75, 3.05) is 0 Å². The quantitative estimate of drug-likeness (QED) is 0.387. The molecule has 0 bridgehead atoms. The van der Waals surface area contributed by atoms with Crippen molar-refractivity contribution < 1.29 is 4.79 Å². The second kappa shape index (κ2) is 8.31. The number of fused-ring (bicyclic) bond motifs is 1. The Kier molecular flexibility index (Phi) is 5.25. The molecule has 0 radical (unpaired) electrons. The molecule has 3 nitrogen and oxygen atoms in total. The molecule has 4 aromatic rings. The van der Waals surface area contributed by atoms with Gasteiger partial charge in [-0.15, -0.1) is 0 Å². The summed E-state index contributed by atoms with van der Waals surface area (Å²) in [6.07, 6.45) is 1.68. The molecule has 4 aromatic carbocycles. The summed E-state index contributed by atoms with van der Waals surface area (Å²) in [6.45, 7) is 0. The molecular weight excluding hydrogens is 344 g/mol. The van der Waals surface area contributed by atoms with Crippen molar-refractivity contribution in [1.82, 2.24) is 5.43 Å². The minimum absolute atomic E-state index is 0.158. The van der Waals surface area contributed by atoms with Gasteiger partial charge in [-0.1, -0.05) is 97.1 Å². The summed E-state index contributed by atoms with van der Waals surface area (Å²) in [4.78, 5) is 12.9. The first-order chi connectivity index (χ1) is 13.8. The summed E-state index contributed by atoms with van der Waals surface area (Å²) in [5.74, 6) is -0.564. The molecule has 0 atom stereocenters. The van der Waals surface area contributed by atoms with E-state index in [2.05, 4.69) is 34.8 Å². The van der Waals surface area contributed by atoms with Crippen molar-refractivity contribution >= 4 is 22.9 Å². The molecule has 1 amide bonds. The SMILES string of the molecule is O=C(N/N=C/c1ccc2ccccc2c1)C(c1ccccc1)c1ccccc1. The Morgan fingerprint density at radius 3 is 1.93 bits per heavy atom. The normalized spacial score (nSPS) is 11.2. The van der Waals surface area contributed by atoms with Crippen LogP contribution in [0.3, 0.4) is 0 Å². The van der Waals surface area contributed by atoms with E-state index in [1.807, 2.05) is 78.9 Å². The van der Waals surface area contributed by atoms with E-state index in [9.17, 15) is 4.79 Å². The number of carbonyl (C=O) groups is 1. The predicted octanol–water partition coefficient (Wildman–Crippen LogP) is 5.12. The van der Waals surface area contributed by atoms with Crippen LogP contribution in [-0.4, -0.2) is 12.1 Å². The predicted molar refractivity (Wildman–Crippen MR) is 114 cm³/mol. The number of amides is 1. The Morgan fingerprint density at radius 2 is 1.29 bits per heavy atom. The standard InChI is InChI=1S/C25H20N2O/c28-25(24(21-10-3-1-4-11-21)22-12-5-2-6-13-22)27-26-18-19-15-16-20-9-7-8-14-23(20)17-19/h1-18,24H,(H,27,28)/b26-18+. The number of rotatable bonds is 5. The van der Waals surface area contributed by atoms with Crippen LogP contribution in [0.1, 0.15) is 22.6 Å². The van der Waals surface area contributed by atoms with Crippen LogP contribution in [0.15, 0.2) is 108 Å². The molecule has 0 saturated carbocycles. The molecule has 0 spiro atoms. The third kappa shape index (κ3) is 3.99. The number of hydrogen-bond donors (Lipinski definition) is 1. The lowest BCUT2D eigenvalue weighted by Gasteiger charge is -2.16. The van der Waals surface area contributed by atoms with E-state index < -0.39 is 5.92 Å². The Morgan fingerprint density at radius 1 is 0.714 bits per heavy atom. The Hall–Kier alpha value is -3.72. The highest BCUT2D eigenvalue weighted by Crippen LogP contribution is 2.24. The Bertz CT molecular complexity index is 1070. The molecule has 28 heavy (non-hydrogen) atoms. The highest BCUT2D eigenvalue weighted by Gasteiger charge is 2.22. The van der Waals surface area contributed by atoms with Gasteiger partial charge in [-0.25, -0.2) is 5.43 Å². The fraction of sp³-hybridized carbons (Fsp3) is 0.0400. The summed E-state index contributed by atoms with van der Waals surface area (Å²) in [5, 5.41) is 6.52. The molecule has 3 heteroatoms. The van der Waals surface area contributed by atoms with E-state index in [0.717, 1.165) is 22.1 Å². The van der Waals surface area contributed by atoms with Crippen LogP contribution in [0, 0.1) is 0 Å². The van der Waals surface area contributed by atoms with Crippen LogP contribution in [0.25, 0.3) is 10.8 Å². The maximum absolute atomic E-state index is 12.9. The van der Waals surface area contributed by atoms with Crippen LogP contribution in [0.2, 0.25) is 0 Å². The molecule has 0 aliphatic heterocycles. The summed E-state index contributed by atoms with van der Waals surface area (Å²) in [7, 11) is 0. The van der Waals surface area contributed by atoms with Gasteiger partial charge in [0.15, 0.2) is 0 Å². The fourth-order valence-electron chi connectivity index (χ4n) is 3.31. The van der Waals surface area contributed by atoms with Gasteiger partial charge < -0.3 is 0 Å². The average molecular weight is 364 g/mol. The van der Waals surface area contributed by atoms with Gasteiger partial charge in [0.1, 0.15) is 0 Å². The number of nitrogens with one attached hydrogen (secondary N) is 1. The van der Waals surface area contributed by atoms with Gasteiger partial charge in [-0.2, -0.15) is 5.10 Å². The zero-order valence-corrected chi connectivity index (χ0v) is 15.3. The van der Waals surface area contributed by atoms with Gasteiger partial charge >= 0.3 is 0 Å². The van der Waals surface area contributed by atoms with Crippen LogP contribution in [0.5, 0.6) is 0 Å². The van der Waals surface area contributed by atoms with E-state index in [-0.39, 0.29) is 5.91 Å². The summed E-state index contributed by atoms with van der Waals surface area (Å²) in [5.41, 5.74) is 5.52. The number of hydrazone groups is 1. The van der Waals surface area contributed by atoms with Gasteiger partial charge in [-0.05, 0) is 33.5 Å². The average Bonchev–Trinajstić information content (AvgIpc) is 2.75. The Labute approximate surface area is 164 Å². The summed E-state index contributed by atoms with van der Waals surface area (Å²) < 4.78 is 0. The lowest BCUT2D eigenvalue weighted by molar-refractivity contribution is -0.121. The molecule has 136 valence electrons. The summed E-state index contributed by atoms with van der Waals surface area (Å²) >= 11 is 0. The minimum Gasteiger partial charge on any atom is -0.272 e. The first kappa shape index (κ1) is 17.7. The third-order valence-corrected chi connectivity index (χ3v) is 4.69. The van der Waals surface area contributed by atoms with E-state index >= 15 is 0 Å². The summed E-state index contributed by atoms with van der Waals surface area (Å²) in [6, 6.07) is 33.8. The Balaban J connectivity index is 1.55. The molecule has 0 fully saturated rings. The molecule has 0 aliphatic rings. The number of nitrogens with zero attached hydrogens (tertiary/aromatic N) is 1. The zero-order valence-electron chi connectivity index (χ0n) is 15.3. The van der Waals surface area contributed by atoms with E-state index in [1.54, 1.807) is 6.21 Å². The van der Waals surface area contributed by atoms with Gasteiger partial charge in [-0.3, -0.25) is 4.79 Å². The third-order valence-electron chi connectivity index (χ3n) is 4.69. The smallest absolute Gasteiger partial charge is 0.252 e. The monoisotopic (exact) mass is 364 g/mol. The molecule has 0 unspecified atom stereocenters. The van der Waals surface area contributed by atoms with E-state index in [1.165, 1.54) is 5.39 Å². The number of benzene rings is 4. The zero-order chi connectivity index (χ0) is 19.2. The first-order valence-electron chi connectivity index (χ1n) is 9.23. The van der Waals surface area contributed by atoms with Crippen molar-refractivity contribution in [2.24, 2.45) is 5.10 Å². The van der Waals surface area contributed by atoms with Gasteiger partial charge in [0, 0.05) is 0 Å². The van der Waals surface area contributed by atoms with Gasteiger partial charge in [0.25, 0.3) is 5.91 Å². The minimum atomic E-state index is -0.406. The largest absolute Gasteiger partial charge is 0.272 e. The van der Waals surface area contributed by atoms with Crippen molar-refractivity contribution in [3.05, 3.63) is 120 Å². The van der Waals surface area contributed by atoms with E-state index in [4.69, 9.17) is 0 Å². The molecule has 0 saturated heterocycles. The highest BCUT2D eigenvalue weighted by molar-refractivity contribution is 5.92. The van der Waals surface area contributed by atoms with E-state index in [0.29, 0.717) is 0 Å². The van der Waals surface area contributed by atoms with Crippen LogP contribution in [-0.2, 0) is 4.79 Å². The lowest BCUT2D eigenvalue weighted by atomic mass is 9.91. The maximum Gasteiger partial charge on any atom is 0.252 e. The second-order valence-electron chi connectivity index (χ2n) is 6.60. The van der Waals surface area contributed by atoms with Crippen LogP contribution >= 0.6 is 0 Å².